The van der Waals surface area contributed by atoms with E-state index in [1.165, 1.54) is 32.0 Å². The molecule has 1 fully saturated rings. The zero-order chi connectivity index (χ0) is 16.2. The third-order valence-corrected chi connectivity index (χ3v) is 4.72. The summed E-state index contributed by atoms with van der Waals surface area (Å²) in [6, 6.07) is 2.78. The second kappa shape index (κ2) is 7.26. The Bertz CT molecular complexity index is 552. The van der Waals surface area contributed by atoms with Crippen LogP contribution in [-0.2, 0) is 0 Å². The number of hydrogen-bond acceptors (Lipinski definition) is 5. The molecule has 6 heteroatoms. The summed E-state index contributed by atoms with van der Waals surface area (Å²) in [5.41, 5.74) is 0.558. The van der Waals surface area contributed by atoms with Crippen molar-refractivity contribution in [2.75, 3.05) is 18.4 Å². The van der Waals surface area contributed by atoms with E-state index in [4.69, 9.17) is 16.9 Å². The largest absolute Gasteiger partial charge is 0.369 e. The van der Waals surface area contributed by atoms with Crippen molar-refractivity contribution in [3.63, 3.8) is 0 Å². The van der Waals surface area contributed by atoms with Gasteiger partial charge < -0.3 is 5.32 Å². The molecular formula is C16H24ClN5. The number of rotatable bonds is 6. The molecule has 22 heavy (non-hydrogen) atoms. The van der Waals surface area contributed by atoms with E-state index in [9.17, 15) is 0 Å². The van der Waals surface area contributed by atoms with E-state index in [0.29, 0.717) is 17.4 Å². The molecule has 0 amide bonds. The van der Waals surface area contributed by atoms with Gasteiger partial charge in [-0.05, 0) is 57.7 Å². The summed E-state index contributed by atoms with van der Waals surface area (Å²) < 4.78 is 0. The van der Waals surface area contributed by atoms with Crippen LogP contribution in [0, 0.1) is 11.3 Å². The number of nitriles is 1. The number of nitrogens with one attached hydrogen (secondary N) is 1. The Morgan fingerprint density at radius 1 is 1.55 bits per heavy atom. The minimum absolute atomic E-state index is 0.133. The van der Waals surface area contributed by atoms with Crippen LogP contribution in [-0.4, -0.2) is 39.5 Å². The maximum atomic E-state index is 9.09. The van der Waals surface area contributed by atoms with E-state index >= 15 is 0 Å². The van der Waals surface area contributed by atoms with Gasteiger partial charge in [0.05, 0.1) is 6.20 Å². The normalized spacial score (nSPS) is 19.1. The molecule has 1 aromatic rings. The molecule has 120 valence electrons. The first-order valence-electron chi connectivity index (χ1n) is 7.91. The van der Waals surface area contributed by atoms with Crippen molar-refractivity contribution in [2.24, 2.45) is 0 Å². The fourth-order valence-corrected chi connectivity index (χ4v) is 3.40. The Morgan fingerprint density at radius 3 is 3.00 bits per heavy atom. The maximum absolute atomic E-state index is 9.09. The lowest BCUT2D eigenvalue weighted by atomic mass is 9.96. The lowest BCUT2D eigenvalue weighted by Crippen LogP contribution is -2.47. The van der Waals surface area contributed by atoms with Crippen molar-refractivity contribution in [3.8, 4) is 6.07 Å². The molecule has 0 bridgehead atoms. The summed E-state index contributed by atoms with van der Waals surface area (Å²) >= 11 is 5.80. The predicted molar refractivity (Wildman–Crippen MR) is 89.0 cm³/mol. The third kappa shape index (κ3) is 3.88. The van der Waals surface area contributed by atoms with E-state index in [1.807, 2.05) is 0 Å². The maximum Gasteiger partial charge on any atom is 0.224 e. The summed E-state index contributed by atoms with van der Waals surface area (Å²) in [7, 11) is 0. The van der Waals surface area contributed by atoms with Gasteiger partial charge in [-0.15, -0.1) is 0 Å². The number of anilines is 1. The second-order valence-electron chi connectivity index (χ2n) is 6.40. The molecule has 0 aliphatic carbocycles. The average Bonchev–Trinajstić information content (AvgIpc) is 2.97. The number of hydrogen-bond donors (Lipinski definition) is 1. The molecule has 2 rings (SSSR count). The Labute approximate surface area is 137 Å². The summed E-state index contributed by atoms with van der Waals surface area (Å²) in [5, 5.41) is 12.5. The van der Waals surface area contributed by atoms with E-state index in [1.54, 1.807) is 0 Å². The van der Waals surface area contributed by atoms with Gasteiger partial charge in [-0.3, -0.25) is 4.90 Å². The van der Waals surface area contributed by atoms with Crippen molar-refractivity contribution < 1.29 is 0 Å². The minimum Gasteiger partial charge on any atom is -0.369 e. The van der Waals surface area contributed by atoms with Crippen LogP contribution in [0.2, 0.25) is 5.28 Å². The van der Waals surface area contributed by atoms with Gasteiger partial charge in [-0.2, -0.15) is 10.2 Å². The SMILES string of the molecule is CC[C@H]1CCCN1C(C)(C)CCNc1nc(Cl)ncc1C#N. The molecule has 1 N–H and O–H groups in total. The van der Waals surface area contributed by atoms with Gasteiger partial charge in [0.1, 0.15) is 17.5 Å². The van der Waals surface area contributed by atoms with Crippen LogP contribution < -0.4 is 5.32 Å². The first-order valence-corrected chi connectivity index (χ1v) is 8.29. The molecule has 1 saturated heterocycles. The lowest BCUT2D eigenvalue weighted by Gasteiger charge is -2.40. The molecule has 0 unspecified atom stereocenters. The van der Waals surface area contributed by atoms with E-state index in [-0.39, 0.29) is 10.8 Å². The smallest absolute Gasteiger partial charge is 0.224 e. The molecule has 0 aromatic carbocycles. The summed E-state index contributed by atoms with van der Waals surface area (Å²) in [6.45, 7) is 8.78. The number of nitrogens with zero attached hydrogens (tertiary/aromatic N) is 4. The van der Waals surface area contributed by atoms with Crippen molar-refractivity contribution in [2.45, 2.75) is 58.0 Å². The van der Waals surface area contributed by atoms with Crippen LogP contribution in [0.1, 0.15) is 52.0 Å². The van der Waals surface area contributed by atoms with Crippen molar-refractivity contribution in [3.05, 3.63) is 17.0 Å². The second-order valence-corrected chi connectivity index (χ2v) is 6.74. The van der Waals surface area contributed by atoms with Gasteiger partial charge in [0.25, 0.3) is 0 Å². The first-order chi connectivity index (χ1) is 10.5. The van der Waals surface area contributed by atoms with Gasteiger partial charge in [-0.25, -0.2) is 4.98 Å². The Morgan fingerprint density at radius 2 is 2.32 bits per heavy atom. The fourth-order valence-electron chi connectivity index (χ4n) is 3.26. The minimum atomic E-state index is 0.133. The van der Waals surface area contributed by atoms with Crippen molar-refractivity contribution in [1.29, 1.82) is 5.26 Å². The zero-order valence-electron chi connectivity index (χ0n) is 13.6. The highest BCUT2D eigenvalue weighted by Gasteiger charge is 2.34. The predicted octanol–water partition coefficient (Wildman–Crippen LogP) is 3.46. The third-order valence-electron chi connectivity index (χ3n) is 4.53. The van der Waals surface area contributed by atoms with Crippen LogP contribution >= 0.6 is 11.6 Å². The summed E-state index contributed by atoms with van der Waals surface area (Å²) in [6.07, 6.45) is 6.23. The van der Waals surface area contributed by atoms with Gasteiger partial charge in [0.2, 0.25) is 5.28 Å². The quantitative estimate of drug-likeness (QED) is 0.813. The number of halogens is 1. The van der Waals surface area contributed by atoms with Crippen LogP contribution in [0.15, 0.2) is 6.20 Å². The summed E-state index contributed by atoms with van der Waals surface area (Å²) in [4.78, 5) is 10.6. The topological polar surface area (TPSA) is 64.8 Å². The van der Waals surface area contributed by atoms with Gasteiger partial charge in [0.15, 0.2) is 0 Å². The summed E-state index contributed by atoms with van der Waals surface area (Å²) in [5.74, 6) is 0.520. The molecule has 1 aliphatic heterocycles. The van der Waals surface area contributed by atoms with Crippen LogP contribution in [0.25, 0.3) is 0 Å². The van der Waals surface area contributed by atoms with Crippen LogP contribution in [0.3, 0.4) is 0 Å². The Hall–Kier alpha value is -1.38. The van der Waals surface area contributed by atoms with Crippen LogP contribution in [0.5, 0.6) is 0 Å². The fraction of sp³-hybridized carbons (Fsp3) is 0.688. The Kier molecular flexibility index (Phi) is 5.60. The van der Waals surface area contributed by atoms with E-state index < -0.39 is 0 Å². The van der Waals surface area contributed by atoms with Gasteiger partial charge in [-0.1, -0.05) is 6.92 Å². The van der Waals surface area contributed by atoms with Crippen molar-refractivity contribution in [1.82, 2.24) is 14.9 Å². The van der Waals surface area contributed by atoms with E-state index in [0.717, 1.165) is 13.0 Å². The molecule has 0 radical (unpaired) electrons. The molecule has 0 spiro atoms. The highest BCUT2D eigenvalue weighted by Crippen LogP contribution is 2.30. The molecule has 1 aliphatic rings. The van der Waals surface area contributed by atoms with Crippen LogP contribution in [0.4, 0.5) is 5.82 Å². The molecular weight excluding hydrogens is 298 g/mol. The molecule has 0 saturated carbocycles. The average molecular weight is 322 g/mol. The molecule has 1 atom stereocenters. The molecule has 1 aromatic heterocycles. The molecule has 5 nitrogen and oxygen atoms in total. The number of likely N-dealkylation sites (tertiary alicyclic amines) is 1. The van der Waals surface area contributed by atoms with Gasteiger partial charge >= 0.3 is 0 Å². The lowest BCUT2D eigenvalue weighted by molar-refractivity contribution is 0.0977. The first kappa shape index (κ1) is 17.0. The van der Waals surface area contributed by atoms with Crippen molar-refractivity contribution >= 4 is 17.4 Å². The zero-order valence-corrected chi connectivity index (χ0v) is 14.3. The Balaban J connectivity index is 1.95. The standard InChI is InChI=1S/C16H24ClN5/c1-4-13-6-5-9-22(13)16(2,3)7-8-19-14-12(10-18)11-20-15(17)21-14/h11,13H,4-9H2,1-3H3,(H,19,20,21)/t13-/m0/s1. The highest BCUT2D eigenvalue weighted by molar-refractivity contribution is 6.28. The highest BCUT2D eigenvalue weighted by atomic mass is 35.5. The van der Waals surface area contributed by atoms with E-state index in [2.05, 4.69) is 47.0 Å². The number of aromatic nitrogens is 2. The molecule has 2 heterocycles. The van der Waals surface area contributed by atoms with Gasteiger partial charge in [0, 0.05) is 18.1 Å². The monoisotopic (exact) mass is 321 g/mol.